The van der Waals surface area contributed by atoms with E-state index in [1.165, 1.54) is 11.0 Å². The number of nitrogens with one attached hydrogen (secondary N) is 1. The number of carbonyl (C=O) groups is 1. The van der Waals surface area contributed by atoms with Crippen molar-refractivity contribution in [3.05, 3.63) is 72.4 Å². The van der Waals surface area contributed by atoms with Crippen LogP contribution >= 0.6 is 0 Å². The molecule has 1 amide bonds. The van der Waals surface area contributed by atoms with Crippen molar-refractivity contribution in [2.75, 3.05) is 0 Å². The molecule has 130 valence electrons. The fourth-order valence-corrected chi connectivity index (χ4v) is 2.86. The van der Waals surface area contributed by atoms with Crippen molar-refractivity contribution in [3.63, 3.8) is 0 Å². The van der Waals surface area contributed by atoms with Crippen LogP contribution in [0, 0.1) is 0 Å². The van der Waals surface area contributed by atoms with E-state index in [1.807, 2.05) is 66.1 Å². The van der Waals surface area contributed by atoms with Crippen LogP contribution in [-0.2, 0) is 4.79 Å². The fourth-order valence-electron chi connectivity index (χ4n) is 2.86. The SMILES string of the molecule is C[C@H](NC(=O)C(c1ccccc1)n1cnnn1)c1nnc2ccccn12. The van der Waals surface area contributed by atoms with E-state index >= 15 is 0 Å². The van der Waals surface area contributed by atoms with Crippen LogP contribution in [0.4, 0.5) is 0 Å². The van der Waals surface area contributed by atoms with Crippen LogP contribution in [0.1, 0.15) is 30.4 Å². The van der Waals surface area contributed by atoms with Gasteiger partial charge in [0.15, 0.2) is 17.5 Å². The molecular formula is C17H16N8O. The first-order valence-electron chi connectivity index (χ1n) is 8.11. The Morgan fingerprint density at radius 3 is 2.65 bits per heavy atom. The number of amides is 1. The fraction of sp³-hybridized carbons (Fsp3) is 0.176. The number of carbonyl (C=O) groups excluding carboxylic acids is 1. The lowest BCUT2D eigenvalue weighted by Gasteiger charge is -2.19. The van der Waals surface area contributed by atoms with E-state index in [4.69, 9.17) is 0 Å². The van der Waals surface area contributed by atoms with Crippen molar-refractivity contribution in [1.82, 2.24) is 40.1 Å². The molecule has 9 heteroatoms. The van der Waals surface area contributed by atoms with Gasteiger partial charge in [0.1, 0.15) is 6.33 Å². The Kier molecular flexibility index (Phi) is 4.10. The minimum absolute atomic E-state index is 0.233. The van der Waals surface area contributed by atoms with Gasteiger partial charge in [-0.05, 0) is 35.0 Å². The lowest BCUT2D eigenvalue weighted by atomic mass is 10.1. The number of benzene rings is 1. The molecule has 0 aliphatic carbocycles. The van der Waals surface area contributed by atoms with E-state index in [2.05, 4.69) is 31.0 Å². The normalized spacial score (nSPS) is 13.4. The lowest BCUT2D eigenvalue weighted by Crippen LogP contribution is -2.36. The summed E-state index contributed by atoms with van der Waals surface area (Å²) in [6, 6.07) is 14.0. The van der Waals surface area contributed by atoms with Gasteiger partial charge < -0.3 is 5.32 Å². The van der Waals surface area contributed by atoms with Crippen LogP contribution in [-0.4, -0.2) is 40.7 Å². The van der Waals surface area contributed by atoms with Gasteiger partial charge in [-0.2, -0.15) is 0 Å². The molecule has 0 radical (unpaired) electrons. The predicted molar refractivity (Wildman–Crippen MR) is 91.9 cm³/mol. The predicted octanol–water partition coefficient (Wildman–Crippen LogP) is 1.18. The number of hydrogen-bond donors (Lipinski definition) is 1. The second kappa shape index (κ2) is 6.71. The van der Waals surface area contributed by atoms with Crippen molar-refractivity contribution < 1.29 is 4.79 Å². The number of tetrazole rings is 1. The van der Waals surface area contributed by atoms with Gasteiger partial charge in [0.05, 0.1) is 6.04 Å². The van der Waals surface area contributed by atoms with E-state index in [9.17, 15) is 4.79 Å². The number of nitrogens with zero attached hydrogens (tertiary/aromatic N) is 7. The van der Waals surface area contributed by atoms with Gasteiger partial charge in [-0.1, -0.05) is 36.4 Å². The Morgan fingerprint density at radius 2 is 1.88 bits per heavy atom. The van der Waals surface area contributed by atoms with Gasteiger partial charge in [0, 0.05) is 6.20 Å². The van der Waals surface area contributed by atoms with E-state index in [0.29, 0.717) is 5.82 Å². The molecule has 2 atom stereocenters. The van der Waals surface area contributed by atoms with Gasteiger partial charge in [-0.25, -0.2) is 4.68 Å². The monoisotopic (exact) mass is 348 g/mol. The summed E-state index contributed by atoms with van der Waals surface area (Å²) in [7, 11) is 0. The Balaban J connectivity index is 1.62. The van der Waals surface area contributed by atoms with Crippen molar-refractivity contribution in [3.8, 4) is 0 Å². The van der Waals surface area contributed by atoms with Gasteiger partial charge >= 0.3 is 0 Å². The smallest absolute Gasteiger partial charge is 0.250 e. The lowest BCUT2D eigenvalue weighted by molar-refractivity contribution is -0.124. The van der Waals surface area contributed by atoms with Crippen LogP contribution in [0.15, 0.2) is 61.1 Å². The molecular weight excluding hydrogens is 332 g/mol. The molecule has 4 aromatic rings. The quantitative estimate of drug-likeness (QED) is 0.581. The second-order valence-corrected chi connectivity index (χ2v) is 5.82. The van der Waals surface area contributed by atoms with Gasteiger partial charge in [0.25, 0.3) is 0 Å². The number of hydrogen-bond acceptors (Lipinski definition) is 6. The van der Waals surface area contributed by atoms with E-state index in [1.54, 1.807) is 0 Å². The first-order chi connectivity index (χ1) is 12.7. The summed E-state index contributed by atoms with van der Waals surface area (Å²) < 4.78 is 3.28. The standard InChI is InChI=1S/C17H16N8O/c1-12(16-21-20-14-9-5-6-10-24(14)16)19-17(26)15(25-11-18-22-23-25)13-7-3-2-4-8-13/h2-12,15H,1H3,(H,19,26)/t12-,15?/m0/s1. The second-order valence-electron chi connectivity index (χ2n) is 5.82. The van der Waals surface area contributed by atoms with Crippen molar-refractivity contribution >= 4 is 11.6 Å². The summed E-state index contributed by atoms with van der Waals surface area (Å²) in [6.07, 6.45) is 3.29. The Morgan fingerprint density at radius 1 is 1.08 bits per heavy atom. The number of aromatic nitrogens is 7. The molecule has 4 rings (SSSR count). The molecule has 0 bridgehead atoms. The highest BCUT2D eigenvalue weighted by Crippen LogP contribution is 2.19. The summed E-state index contributed by atoms with van der Waals surface area (Å²) >= 11 is 0. The highest BCUT2D eigenvalue weighted by Gasteiger charge is 2.26. The molecule has 0 saturated heterocycles. The van der Waals surface area contributed by atoms with Crippen LogP contribution < -0.4 is 5.32 Å². The third kappa shape index (κ3) is 2.90. The zero-order chi connectivity index (χ0) is 17.9. The van der Waals surface area contributed by atoms with Crippen molar-refractivity contribution in [2.45, 2.75) is 19.0 Å². The minimum Gasteiger partial charge on any atom is -0.344 e. The Labute approximate surface area is 148 Å². The maximum Gasteiger partial charge on any atom is 0.250 e. The summed E-state index contributed by atoms with van der Waals surface area (Å²) in [5.74, 6) is 0.418. The number of rotatable bonds is 5. The van der Waals surface area contributed by atoms with Crippen molar-refractivity contribution in [2.24, 2.45) is 0 Å². The Hall–Kier alpha value is -3.62. The summed E-state index contributed by atoms with van der Waals surface area (Å²) in [6.45, 7) is 1.86. The van der Waals surface area contributed by atoms with Gasteiger partial charge in [0.2, 0.25) is 5.91 Å². The van der Waals surface area contributed by atoms with Crippen molar-refractivity contribution in [1.29, 1.82) is 0 Å². The Bertz CT molecular complexity index is 1010. The maximum absolute atomic E-state index is 13.0. The largest absolute Gasteiger partial charge is 0.344 e. The molecule has 9 nitrogen and oxygen atoms in total. The molecule has 0 aliphatic rings. The summed E-state index contributed by atoms with van der Waals surface area (Å²) in [4.78, 5) is 13.0. The third-order valence-corrected chi connectivity index (χ3v) is 4.08. The topological polar surface area (TPSA) is 103 Å². The van der Waals surface area contributed by atoms with Gasteiger partial charge in [-0.3, -0.25) is 9.20 Å². The molecule has 1 aromatic carbocycles. The average Bonchev–Trinajstić information content (AvgIpc) is 3.32. The first kappa shape index (κ1) is 15.9. The molecule has 3 aromatic heterocycles. The zero-order valence-corrected chi connectivity index (χ0v) is 14.0. The molecule has 3 heterocycles. The summed E-state index contributed by atoms with van der Waals surface area (Å²) in [5, 5.41) is 22.5. The van der Waals surface area contributed by atoms with Crippen LogP contribution in [0.2, 0.25) is 0 Å². The number of pyridine rings is 1. The van der Waals surface area contributed by atoms with E-state index in [-0.39, 0.29) is 11.9 Å². The molecule has 0 saturated carbocycles. The van der Waals surface area contributed by atoms with E-state index in [0.717, 1.165) is 11.2 Å². The summed E-state index contributed by atoms with van der Waals surface area (Å²) in [5.41, 5.74) is 1.51. The molecule has 1 N–H and O–H groups in total. The molecule has 1 unspecified atom stereocenters. The average molecular weight is 348 g/mol. The van der Waals surface area contributed by atoms with Crippen LogP contribution in [0.25, 0.3) is 5.65 Å². The van der Waals surface area contributed by atoms with E-state index < -0.39 is 6.04 Å². The highest BCUT2D eigenvalue weighted by atomic mass is 16.2. The maximum atomic E-state index is 13.0. The van der Waals surface area contributed by atoms with Gasteiger partial charge in [-0.15, -0.1) is 15.3 Å². The van der Waals surface area contributed by atoms with Crippen LogP contribution in [0.5, 0.6) is 0 Å². The minimum atomic E-state index is -0.673. The highest BCUT2D eigenvalue weighted by molar-refractivity contribution is 5.83. The molecule has 26 heavy (non-hydrogen) atoms. The zero-order valence-electron chi connectivity index (χ0n) is 14.0. The first-order valence-corrected chi connectivity index (χ1v) is 8.11. The van der Waals surface area contributed by atoms with Crippen LogP contribution in [0.3, 0.4) is 0 Å². The molecule has 0 fully saturated rings. The molecule has 0 aliphatic heterocycles. The number of fused-ring (bicyclic) bond motifs is 1. The molecule has 0 spiro atoms. The third-order valence-electron chi connectivity index (χ3n) is 4.08.